The van der Waals surface area contributed by atoms with Gasteiger partial charge in [0.1, 0.15) is 11.3 Å². The normalized spacial score (nSPS) is 10.9. The van der Waals surface area contributed by atoms with Crippen LogP contribution in [-0.2, 0) is 12.3 Å². The van der Waals surface area contributed by atoms with E-state index in [2.05, 4.69) is 21.8 Å². The van der Waals surface area contributed by atoms with Gasteiger partial charge in [-0.05, 0) is 6.07 Å². The Morgan fingerprint density at radius 2 is 2.48 bits per heavy atom. The number of hydrogen-bond donors (Lipinski definition) is 1. The number of rotatable bonds is 6. The Morgan fingerprint density at radius 1 is 1.57 bits per heavy atom. The van der Waals surface area contributed by atoms with Gasteiger partial charge >= 0.3 is 5.69 Å². The average Bonchev–Trinajstić information content (AvgIpc) is 3.19. The molecule has 3 aromatic heterocycles. The molecule has 21 heavy (non-hydrogen) atoms. The van der Waals surface area contributed by atoms with Gasteiger partial charge in [0.15, 0.2) is 5.16 Å². The molecule has 108 valence electrons. The highest BCUT2D eigenvalue weighted by Crippen LogP contribution is 2.27. The Bertz CT molecular complexity index is 785. The van der Waals surface area contributed by atoms with Gasteiger partial charge in [-0.1, -0.05) is 17.8 Å². The lowest BCUT2D eigenvalue weighted by Crippen LogP contribution is -2.16. The highest BCUT2D eigenvalue weighted by molar-refractivity contribution is 7.98. The van der Waals surface area contributed by atoms with Crippen molar-refractivity contribution in [2.24, 2.45) is 0 Å². The molecule has 0 aliphatic heterocycles. The number of hydrogen-bond acceptors (Lipinski definition) is 6. The van der Waals surface area contributed by atoms with Crippen molar-refractivity contribution in [3.8, 4) is 10.6 Å². The second-order valence-corrected chi connectivity index (χ2v) is 5.96. The van der Waals surface area contributed by atoms with Gasteiger partial charge < -0.3 is 4.42 Å². The summed E-state index contributed by atoms with van der Waals surface area (Å²) in [5.41, 5.74) is 1.69. The van der Waals surface area contributed by atoms with Gasteiger partial charge in [0.05, 0.1) is 12.0 Å². The molecule has 0 aromatic carbocycles. The van der Waals surface area contributed by atoms with Crippen LogP contribution in [0.1, 0.15) is 5.69 Å². The van der Waals surface area contributed by atoms with Gasteiger partial charge in [-0.15, -0.1) is 23.0 Å². The molecule has 0 spiro atoms. The van der Waals surface area contributed by atoms with Crippen molar-refractivity contribution in [2.45, 2.75) is 17.5 Å². The number of aromatic amines is 1. The van der Waals surface area contributed by atoms with Crippen molar-refractivity contribution in [3.63, 3.8) is 0 Å². The fourth-order valence-corrected chi connectivity index (χ4v) is 3.49. The number of nitrogens with zero attached hydrogens (tertiary/aromatic N) is 3. The van der Waals surface area contributed by atoms with Gasteiger partial charge in [0.25, 0.3) is 0 Å². The lowest BCUT2D eigenvalue weighted by molar-refractivity contribution is 0.568. The molecule has 0 aliphatic rings. The molecule has 3 aromatic rings. The molecule has 6 nitrogen and oxygen atoms in total. The summed E-state index contributed by atoms with van der Waals surface area (Å²) < 4.78 is 6.60. The second-order valence-electron chi connectivity index (χ2n) is 4.16. The lowest BCUT2D eigenvalue weighted by atomic mass is 10.4. The topological polar surface area (TPSA) is 76.7 Å². The van der Waals surface area contributed by atoms with Crippen LogP contribution in [0.5, 0.6) is 0 Å². The predicted octanol–water partition coefficient (Wildman–Crippen LogP) is 2.77. The fourth-order valence-electron chi connectivity index (χ4n) is 1.73. The third-order valence-electron chi connectivity index (χ3n) is 2.70. The van der Waals surface area contributed by atoms with Gasteiger partial charge in [-0.25, -0.2) is 14.9 Å². The summed E-state index contributed by atoms with van der Waals surface area (Å²) in [6.45, 7) is 4.08. The maximum absolute atomic E-state index is 11.6. The van der Waals surface area contributed by atoms with Crippen LogP contribution in [0.2, 0.25) is 0 Å². The first-order valence-corrected chi connectivity index (χ1v) is 8.00. The predicted molar refractivity (Wildman–Crippen MR) is 82.4 cm³/mol. The van der Waals surface area contributed by atoms with Crippen molar-refractivity contribution in [1.82, 2.24) is 19.7 Å². The maximum Gasteiger partial charge on any atom is 0.344 e. The van der Waals surface area contributed by atoms with Gasteiger partial charge in [0, 0.05) is 23.2 Å². The molecule has 3 rings (SSSR count). The molecule has 0 radical (unpaired) electrons. The van der Waals surface area contributed by atoms with Crippen LogP contribution in [0.4, 0.5) is 0 Å². The summed E-state index contributed by atoms with van der Waals surface area (Å²) >= 11 is 3.03. The van der Waals surface area contributed by atoms with E-state index in [0.29, 0.717) is 17.5 Å². The minimum atomic E-state index is -0.227. The largest absolute Gasteiger partial charge is 0.472 e. The first-order chi connectivity index (χ1) is 10.3. The SMILES string of the molecule is C=CCn1c(SCc2csc(-c3ccoc3)n2)n[nH]c1=O. The number of aromatic nitrogens is 4. The van der Waals surface area contributed by atoms with Crippen LogP contribution in [0.15, 0.2) is 51.0 Å². The number of allylic oxidation sites excluding steroid dienone is 1. The molecule has 0 saturated heterocycles. The van der Waals surface area contributed by atoms with Gasteiger partial charge in [-0.2, -0.15) is 0 Å². The van der Waals surface area contributed by atoms with E-state index in [-0.39, 0.29) is 5.69 Å². The first kappa shape index (κ1) is 13.9. The van der Waals surface area contributed by atoms with Crippen molar-refractivity contribution in [3.05, 3.63) is 52.8 Å². The molecule has 8 heteroatoms. The average molecular weight is 320 g/mol. The molecule has 0 bridgehead atoms. The summed E-state index contributed by atoms with van der Waals surface area (Å²) in [4.78, 5) is 16.1. The Morgan fingerprint density at radius 3 is 3.24 bits per heavy atom. The molecule has 1 N–H and O–H groups in total. The van der Waals surface area contributed by atoms with E-state index in [1.165, 1.54) is 11.8 Å². The highest BCUT2D eigenvalue weighted by atomic mass is 32.2. The van der Waals surface area contributed by atoms with Crippen LogP contribution >= 0.6 is 23.1 Å². The van der Waals surface area contributed by atoms with E-state index in [0.717, 1.165) is 16.3 Å². The summed E-state index contributed by atoms with van der Waals surface area (Å²) in [7, 11) is 0. The quantitative estimate of drug-likeness (QED) is 0.558. The van der Waals surface area contributed by atoms with E-state index >= 15 is 0 Å². The van der Waals surface area contributed by atoms with Crippen molar-refractivity contribution in [1.29, 1.82) is 0 Å². The second kappa shape index (κ2) is 6.15. The van der Waals surface area contributed by atoms with Crippen LogP contribution in [0.3, 0.4) is 0 Å². The fraction of sp³-hybridized carbons (Fsp3) is 0.154. The third-order valence-corrected chi connectivity index (χ3v) is 4.65. The molecule has 0 saturated carbocycles. The summed E-state index contributed by atoms with van der Waals surface area (Å²) in [6, 6.07) is 1.88. The van der Waals surface area contributed by atoms with Crippen LogP contribution in [-0.4, -0.2) is 19.7 Å². The van der Waals surface area contributed by atoms with Crippen LogP contribution < -0.4 is 5.69 Å². The van der Waals surface area contributed by atoms with Gasteiger partial charge in [0.2, 0.25) is 0 Å². The lowest BCUT2D eigenvalue weighted by Gasteiger charge is -2.00. The number of thioether (sulfide) groups is 1. The molecular formula is C13H12N4O2S2. The van der Waals surface area contributed by atoms with Crippen LogP contribution in [0.25, 0.3) is 10.6 Å². The van der Waals surface area contributed by atoms with Crippen LogP contribution in [0, 0.1) is 0 Å². The summed E-state index contributed by atoms with van der Waals surface area (Å²) in [5.74, 6) is 0.649. The monoisotopic (exact) mass is 320 g/mol. The van der Waals surface area contributed by atoms with E-state index < -0.39 is 0 Å². The number of nitrogens with one attached hydrogen (secondary N) is 1. The van der Waals surface area contributed by atoms with Gasteiger partial charge in [-0.3, -0.25) is 4.57 Å². The molecule has 0 aliphatic carbocycles. The standard InChI is InChI=1S/C13H12N4O2S2/c1-2-4-17-12(18)15-16-13(17)21-8-10-7-20-11(14-10)9-3-5-19-6-9/h2-3,5-7H,1,4,8H2,(H,15,18). The van der Waals surface area contributed by atoms with E-state index in [1.54, 1.807) is 34.5 Å². The Hall–Kier alpha value is -2.06. The molecule has 0 unspecified atom stereocenters. The van der Waals surface area contributed by atoms with Crippen molar-refractivity contribution < 1.29 is 4.42 Å². The van der Waals surface area contributed by atoms with E-state index in [9.17, 15) is 4.79 Å². The number of H-pyrrole nitrogens is 1. The number of furan rings is 1. The zero-order valence-electron chi connectivity index (χ0n) is 11.0. The molecular weight excluding hydrogens is 308 g/mol. The zero-order valence-corrected chi connectivity index (χ0v) is 12.6. The van der Waals surface area contributed by atoms with E-state index in [4.69, 9.17) is 4.42 Å². The third kappa shape index (κ3) is 3.01. The Kier molecular flexibility index (Phi) is 4.07. The highest BCUT2D eigenvalue weighted by Gasteiger charge is 2.10. The zero-order chi connectivity index (χ0) is 14.7. The smallest absolute Gasteiger partial charge is 0.344 e. The molecule has 0 atom stereocenters. The molecule has 0 amide bonds. The molecule has 3 heterocycles. The van der Waals surface area contributed by atoms with E-state index in [1.807, 2.05) is 11.4 Å². The Labute approximate surface area is 128 Å². The van der Waals surface area contributed by atoms with Crippen molar-refractivity contribution in [2.75, 3.05) is 0 Å². The summed E-state index contributed by atoms with van der Waals surface area (Å²) in [6.07, 6.45) is 4.97. The minimum Gasteiger partial charge on any atom is -0.472 e. The minimum absolute atomic E-state index is 0.227. The Balaban J connectivity index is 1.71. The van der Waals surface area contributed by atoms with Crippen molar-refractivity contribution >= 4 is 23.1 Å². The first-order valence-electron chi connectivity index (χ1n) is 6.14. The number of thiazole rings is 1. The summed E-state index contributed by atoms with van der Waals surface area (Å²) in [5, 5.41) is 10.0. The maximum atomic E-state index is 11.6. The molecule has 0 fully saturated rings.